The Hall–Kier alpha value is -1.59. The lowest BCUT2D eigenvalue weighted by atomic mass is 9.81. The quantitative estimate of drug-likeness (QED) is 0.657. The molecule has 1 fully saturated rings. The summed E-state index contributed by atoms with van der Waals surface area (Å²) in [7, 11) is 1.70. The summed E-state index contributed by atoms with van der Waals surface area (Å²) in [6.45, 7) is 3.07. The van der Waals surface area contributed by atoms with Crippen molar-refractivity contribution in [2.24, 2.45) is 18.9 Å². The number of anilines is 1. The second-order valence-corrected chi connectivity index (χ2v) is 5.64. The van der Waals surface area contributed by atoms with Gasteiger partial charge in [-0.15, -0.1) is 5.10 Å². The zero-order valence-electron chi connectivity index (χ0n) is 11.6. The molecule has 0 bridgehead atoms. The van der Waals surface area contributed by atoms with Crippen LogP contribution in [0.3, 0.4) is 0 Å². The second-order valence-electron chi connectivity index (χ2n) is 5.64. The van der Waals surface area contributed by atoms with Crippen molar-refractivity contribution in [3.8, 4) is 0 Å². The monoisotopic (exact) mass is 266 g/mol. The smallest absolute Gasteiger partial charge is 0.330 e. The number of nitro groups is 1. The van der Waals surface area contributed by atoms with E-state index >= 15 is 0 Å². The fourth-order valence-electron chi connectivity index (χ4n) is 2.75. The van der Waals surface area contributed by atoms with Gasteiger partial charge in [0.1, 0.15) is 6.20 Å². The Bertz CT molecular complexity index is 436. The fourth-order valence-corrected chi connectivity index (χ4v) is 2.75. The lowest BCUT2D eigenvalue weighted by Crippen LogP contribution is -2.16. The molecule has 106 valence electrons. The van der Waals surface area contributed by atoms with Gasteiger partial charge in [-0.25, -0.2) is 0 Å². The molecule has 1 saturated carbocycles. The minimum Gasteiger partial charge on any atom is -0.363 e. The molecular weight excluding hydrogens is 244 g/mol. The van der Waals surface area contributed by atoms with Crippen LogP contribution in [0.5, 0.6) is 0 Å². The minimum absolute atomic E-state index is 0.0553. The fraction of sp³-hybridized carbons (Fsp3) is 0.769. The molecule has 1 heterocycles. The van der Waals surface area contributed by atoms with Gasteiger partial charge in [-0.2, -0.15) is 0 Å². The summed E-state index contributed by atoms with van der Waals surface area (Å²) in [4.78, 5) is 10.5. The van der Waals surface area contributed by atoms with Crippen molar-refractivity contribution in [3.63, 3.8) is 0 Å². The maximum Gasteiger partial charge on any atom is 0.330 e. The first-order valence-electron chi connectivity index (χ1n) is 6.98. The van der Waals surface area contributed by atoms with Crippen LogP contribution in [0.25, 0.3) is 0 Å². The summed E-state index contributed by atoms with van der Waals surface area (Å²) in [5, 5.41) is 18.0. The van der Waals surface area contributed by atoms with Gasteiger partial charge in [0.05, 0.1) is 4.92 Å². The lowest BCUT2D eigenvalue weighted by molar-refractivity contribution is -0.384. The van der Waals surface area contributed by atoms with Gasteiger partial charge in [-0.1, -0.05) is 32.6 Å². The summed E-state index contributed by atoms with van der Waals surface area (Å²) in [6, 6.07) is 0. The topological polar surface area (TPSA) is 73.0 Å². The first kappa shape index (κ1) is 13.8. The molecule has 0 aliphatic heterocycles. The van der Waals surface area contributed by atoms with E-state index in [9.17, 15) is 10.1 Å². The van der Waals surface area contributed by atoms with Crippen LogP contribution in [-0.4, -0.2) is 21.2 Å². The van der Waals surface area contributed by atoms with Gasteiger partial charge in [-0.05, 0) is 18.3 Å². The highest BCUT2D eigenvalue weighted by Gasteiger charge is 2.20. The van der Waals surface area contributed by atoms with Gasteiger partial charge in [0.25, 0.3) is 0 Å². The van der Waals surface area contributed by atoms with Crippen LogP contribution in [0.4, 0.5) is 11.5 Å². The third kappa shape index (κ3) is 3.68. The van der Waals surface area contributed by atoms with Crippen molar-refractivity contribution < 1.29 is 4.92 Å². The van der Waals surface area contributed by atoms with E-state index < -0.39 is 4.92 Å². The lowest BCUT2D eigenvalue weighted by Gasteiger charge is -2.25. The summed E-state index contributed by atoms with van der Waals surface area (Å²) in [6.07, 6.45) is 7.70. The van der Waals surface area contributed by atoms with Crippen LogP contribution in [0.15, 0.2) is 6.20 Å². The van der Waals surface area contributed by atoms with E-state index in [-0.39, 0.29) is 5.69 Å². The number of rotatable bonds is 5. The third-order valence-corrected chi connectivity index (χ3v) is 3.99. The zero-order chi connectivity index (χ0) is 13.8. The van der Waals surface area contributed by atoms with Crippen molar-refractivity contribution in [2.75, 3.05) is 11.9 Å². The third-order valence-electron chi connectivity index (χ3n) is 3.99. The van der Waals surface area contributed by atoms with Crippen molar-refractivity contribution in [1.29, 1.82) is 0 Å². The molecule has 6 nitrogen and oxygen atoms in total. The Morgan fingerprint density at radius 1 is 1.47 bits per heavy atom. The van der Waals surface area contributed by atoms with Crippen molar-refractivity contribution in [2.45, 2.75) is 39.0 Å². The van der Waals surface area contributed by atoms with E-state index in [0.717, 1.165) is 24.8 Å². The van der Waals surface area contributed by atoms with Crippen LogP contribution >= 0.6 is 0 Å². The number of nitrogens with one attached hydrogen (secondary N) is 1. The highest BCUT2D eigenvalue weighted by Crippen LogP contribution is 2.30. The summed E-state index contributed by atoms with van der Waals surface area (Å²) >= 11 is 0. The van der Waals surface area contributed by atoms with E-state index in [2.05, 4.69) is 17.3 Å². The molecule has 1 N–H and O–H groups in total. The Balaban J connectivity index is 1.81. The average Bonchev–Trinajstić information content (AvgIpc) is 2.73. The summed E-state index contributed by atoms with van der Waals surface area (Å²) < 4.78 is 1.47. The van der Waals surface area contributed by atoms with Crippen molar-refractivity contribution in [3.05, 3.63) is 16.3 Å². The van der Waals surface area contributed by atoms with Gasteiger partial charge in [0.2, 0.25) is 5.82 Å². The maximum absolute atomic E-state index is 10.8. The summed E-state index contributed by atoms with van der Waals surface area (Å²) in [5.74, 6) is 2.00. The summed E-state index contributed by atoms with van der Waals surface area (Å²) in [5.41, 5.74) is 0.0553. The molecule has 0 amide bonds. The molecule has 0 saturated heterocycles. The van der Waals surface area contributed by atoms with E-state index in [1.807, 2.05) is 0 Å². The molecule has 0 aromatic carbocycles. The molecule has 0 spiro atoms. The highest BCUT2D eigenvalue weighted by atomic mass is 16.6. The van der Waals surface area contributed by atoms with E-state index in [1.165, 1.54) is 36.6 Å². The number of hydrogen-bond acceptors (Lipinski definition) is 4. The van der Waals surface area contributed by atoms with Crippen molar-refractivity contribution >= 4 is 11.5 Å². The first-order valence-corrected chi connectivity index (χ1v) is 6.98. The SMILES string of the molecule is CC1CCC(CCNc2nn(C)cc2[N+](=O)[O-])CC1. The number of nitrogens with zero attached hydrogens (tertiary/aromatic N) is 3. The standard InChI is InChI=1S/C13H22N4O2/c1-10-3-5-11(6-4-10)7-8-14-13-12(17(18)19)9-16(2)15-13/h9-11H,3-8H2,1-2H3,(H,14,15). The largest absolute Gasteiger partial charge is 0.363 e. The molecule has 1 aromatic rings. The van der Waals surface area contributed by atoms with Gasteiger partial charge >= 0.3 is 5.69 Å². The molecule has 1 aliphatic rings. The molecule has 1 aliphatic carbocycles. The maximum atomic E-state index is 10.8. The van der Waals surface area contributed by atoms with Gasteiger partial charge in [-0.3, -0.25) is 14.8 Å². The molecule has 6 heteroatoms. The molecule has 0 atom stereocenters. The number of aromatic nitrogens is 2. The Kier molecular flexibility index (Phi) is 4.39. The molecule has 0 unspecified atom stereocenters. The van der Waals surface area contributed by atoms with Crippen LogP contribution in [0.1, 0.15) is 39.0 Å². The predicted molar refractivity (Wildman–Crippen MR) is 74.1 cm³/mol. The van der Waals surface area contributed by atoms with Crippen LogP contribution < -0.4 is 5.32 Å². The predicted octanol–water partition coefficient (Wildman–Crippen LogP) is 2.96. The van der Waals surface area contributed by atoms with Gasteiger partial charge < -0.3 is 5.32 Å². The molecule has 19 heavy (non-hydrogen) atoms. The Labute approximate surface area is 113 Å². The molecule has 0 radical (unpaired) electrons. The Morgan fingerprint density at radius 3 is 2.79 bits per heavy atom. The zero-order valence-corrected chi connectivity index (χ0v) is 11.6. The number of aryl methyl sites for hydroxylation is 1. The first-order chi connectivity index (χ1) is 9.06. The minimum atomic E-state index is -0.391. The van der Waals surface area contributed by atoms with Crippen LogP contribution in [-0.2, 0) is 7.05 Å². The molecular formula is C13H22N4O2. The van der Waals surface area contributed by atoms with Gasteiger partial charge in [0.15, 0.2) is 0 Å². The normalized spacial score (nSPS) is 23.3. The average molecular weight is 266 g/mol. The van der Waals surface area contributed by atoms with Gasteiger partial charge in [0, 0.05) is 13.6 Å². The van der Waals surface area contributed by atoms with E-state index in [1.54, 1.807) is 7.05 Å². The van der Waals surface area contributed by atoms with Crippen LogP contribution in [0, 0.1) is 22.0 Å². The second kappa shape index (κ2) is 6.04. The number of hydrogen-bond donors (Lipinski definition) is 1. The molecule has 1 aromatic heterocycles. The van der Waals surface area contributed by atoms with E-state index in [4.69, 9.17) is 0 Å². The van der Waals surface area contributed by atoms with Crippen molar-refractivity contribution in [1.82, 2.24) is 9.78 Å². The van der Waals surface area contributed by atoms with E-state index in [0.29, 0.717) is 5.82 Å². The van der Waals surface area contributed by atoms with Crippen LogP contribution in [0.2, 0.25) is 0 Å². The highest BCUT2D eigenvalue weighted by molar-refractivity contribution is 5.54. The molecule has 2 rings (SSSR count). The Morgan fingerprint density at radius 2 is 2.16 bits per heavy atom.